The van der Waals surface area contributed by atoms with Crippen LogP contribution in [0.15, 0.2) is 46.7 Å². The van der Waals surface area contributed by atoms with Crippen LogP contribution in [-0.4, -0.2) is 54.0 Å². The Morgan fingerprint density at radius 2 is 1.79 bits per heavy atom. The highest BCUT2D eigenvalue weighted by Crippen LogP contribution is 2.32. The number of nitrogens with zero attached hydrogens (tertiary/aromatic N) is 4. The van der Waals surface area contributed by atoms with Gasteiger partial charge in [-0.05, 0) is 31.2 Å². The van der Waals surface area contributed by atoms with Crippen molar-refractivity contribution in [1.29, 1.82) is 0 Å². The lowest BCUT2D eigenvalue weighted by molar-refractivity contribution is -0.118. The van der Waals surface area contributed by atoms with Crippen molar-refractivity contribution in [1.82, 2.24) is 20.2 Å². The van der Waals surface area contributed by atoms with E-state index in [0.29, 0.717) is 45.4 Å². The van der Waals surface area contributed by atoms with Gasteiger partial charge in [0.1, 0.15) is 17.2 Å². The molecule has 0 bridgehead atoms. The van der Waals surface area contributed by atoms with Gasteiger partial charge >= 0.3 is 0 Å². The highest BCUT2D eigenvalue weighted by atomic mass is 35.5. The summed E-state index contributed by atoms with van der Waals surface area (Å²) in [6, 6.07) is 10.8. The number of hydrazone groups is 1. The minimum Gasteiger partial charge on any atom is -0.496 e. The fourth-order valence-corrected chi connectivity index (χ4v) is 3.90. The summed E-state index contributed by atoms with van der Waals surface area (Å²) >= 11 is 7.24. The smallest absolute Gasteiger partial charge is 0.250 e. The van der Waals surface area contributed by atoms with Gasteiger partial charge in [-0.3, -0.25) is 4.79 Å². The van der Waals surface area contributed by atoms with Gasteiger partial charge in [-0.15, -0.1) is 10.2 Å². The molecule has 0 radical (unpaired) electrons. The van der Waals surface area contributed by atoms with Crippen molar-refractivity contribution in [2.24, 2.45) is 5.10 Å². The number of rotatable bonds is 10. The zero-order valence-electron chi connectivity index (χ0n) is 18.7. The molecule has 1 aromatic heterocycles. The minimum atomic E-state index is -0.290. The molecule has 0 spiro atoms. The first-order valence-corrected chi connectivity index (χ1v) is 11.3. The predicted octanol–water partition coefficient (Wildman–Crippen LogP) is 3.89. The van der Waals surface area contributed by atoms with E-state index in [1.807, 2.05) is 23.6 Å². The molecule has 3 aromatic rings. The van der Waals surface area contributed by atoms with Crippen molar-refractivity contribution in [3.8, 4) is 28.6 Å². The summed E-state index contributed by atoms with van der Waals surface area (Å²) in [7, 11) is 4.61. The van der Waals surface area contributed by atoms with Gasteiger partial charge in [-0.1, -0.05) is 23.4 Å². The standard InChI is InChI=1S/C22H24ClN5O4S/c1-5-28-21(14-6-8-15(23)9-7-14)26-27-22(28)33-13-20(29)25-24-12-17-18(31-3)10-16(30-2)11-19(17)32-4/h6-12H,5,13H2,1-4H3,(H,25,29). The number of hydrogen-bond donors (Lipinski definition) is 1. The Balaban J connectivity index is 1.65. The molecular weight excluding hydrogens is 466 g/mol. The maximum Gasteiger partial charge on any atom is 0.250 e. The van der Waals surface area contributed by atoms with Crippen LogP contribution in [0.4, 0.5) is 0 Å². The summed E-state index contributed by atoms with van der Waals surface area (Å²) in [5, 5.41) is 13.8. The van der Waals surface area contributed by atoms with Gasteiger partial charge in [0, 0.05) is 29.3 Å². The normalized spacial score (nSPS) is 10.9. The second-order valence-electron chi connectivity index (χ2n) is 6.58. The second-order valence-corrected chi connectivity index (χ2v) is 7.96. The summed E-state index contributed by atoms with van der Waals surface area (Å²) in [4.78, 5) is 12.3. The number of halogens is 1. The first-order valence-electron chi connectivity index (χ1n) is 9.94. The van der Waals surface area contributed by atoms with E-state index in [9.17, 15) is 4.79 Å². The molecule has 0 unspecified atom stereocenters. The molecular formula is C22H24ClN5O4S. The van der Waals surface area contributed by atoms with Crippen LogP contribution in [0.1, 0.15) is 12.5 Å². The van der Waals surface area contributed by atoms with Crippen molar-refractivity contribution in [2.75, 3.05) is 27.1 Å². The molecule has 0 atom stereocenters. The van der Waals surface area contributed by atoms with Crippen molar-refractivity contribution in [2.45, 2.75) is 18.6 Å². The first-order chi connectivity index (χ1) is 16.0. The Morgan fingerprint density at radius 1 is 1.12 bits per heavy atom. The summed E-state index contributed by atoms with van der Waals surface area (Å²) in [5.74, 6) is 2.13. The molecule has 9 nitrogen and oxygen atoms in total. The molecule has 3 rings (SSSR count). The molecule has 2 aromatic carbocycles. The van der Waals surface area contributed by atoms with Crippen molar-refractivity contribution >= 4 is 35.5 Å². The Labute approximate surface area is 201 Å². The largest absolute Gasteiger partial charge is 0.496 e. The van der Waals surface area contributed by atoms with Crippen molar-refractivity contribution in [3.05, 3.63) is 47.0 Å². The zero-order chi connectivity index (χ0) is 23.8. The number of carbonyl (C=O) groups excluding carboxylic acids is 1. The zero-order valence-corrected chi connectivity index (χ0v) is 20.2. The number of hydrogen-bond acceptors (Lipinski definition) is 8. The van der Waals surface area contributed by atoms with Gasteiger partial charge in [0.25, 0.3) is 5.91 Å². The maximum absolute atomic E-state index is 12.3. The third-order valence-corrected chi connectivity index (χ3v) is 5.82. The van der Waals surface area contributed by atoms with Crippen LogP contribution in [0.3, 0.4) is 0 Å². The Bertz CT molecular complexity index is 1110. The number of carbonyl (C=O) groups is 1. The fraction of sp³-hybridized carbons (Fsp3) is 0.273. The van der Waals surface area contributed by atoms with Crippen LogP contribution in [0, 0.1) is 0 Å². The average Bonchev–Trinajstić information content (AvgIpc) is 3.25. The molecule has 0 aliphatic carbocycles. The van der Waals surface area contributed by atoms with E-state index >= 15 is 0 Å². The number of thioether (sulfide) groups is 1. The Kier molecular flexibility index (Phi) is 8.56. The predicted molar refractivity (Wildman–Crippen MR) is 129 cm³/mol. The van der Waals surface area contributed by atoms with E-state index in [-0.39, 0.29) is 11.7 Å². The summed E-state index contributed by atoms with van der Waals surface area (Å²) in [6.07, 6.45) is 1.47. The fourth-order valence-electron chi connectivity index (χ4n) is 2.98. The molecule has 1 heterocycles. The van der Waals surface area contributed by atoms with Gasteiger partial charge in [0.2, 0.25) is 0 Å². The number of methoxy groups -OCH3 is 3. The Hall–Kier alpha value is -3.24. The third kappa shape index (κ3) is 5.96. The summed E-state index contributed by atoms with van der Waals surface area (Å²) in [5.41, 5.74) is 3.99. The molecule has 0 aliphatic rings. The highest BCUT2D eigenvalue weighted by Gasteiger charge is 2.15. The Morgan fingerprint density at radius 3 is 2.36 bits per heavy atom. The third-order valence-electron chi connectivity index (χ3n) is 4.60. The molecule has 1 N–H and O–H groups in total. The van der Waals surface area contributed by atoms with Crippen LogP contribution in [0.2, 0.25) is 5.02 Å². The van der Waals surface area contributed by atoms with E-state index in [1.165, 1.54) is 32.2 Å². The number of aromatic nitrogens is 3. The van der Waals surface area contributed by atoms with Gasteiger partial charge in [0.15, 0.2) is 11.0 Å². The molecule has 174 valence electrons. The lowest BCUT2D eigenvalue weighted by Crippen LogP contribution is -2.20. The first kappa shape index (κ1) is 24.4. The molecule has 1 amide bonds. The van der Waals surface area contributed by atoms with Gasteiger partial charge in [-0.2, -0.15) is 5.10 Å². The van der Waals surface area contributed by atoms with Crippen LogP contribution >= 0.6 is 23.4 Å². The second kappa shape index (κ2) is 11.6. The molecule has 33 heavy (non-hydrogen) atoms. The minimum absolute atomic E-state index is 0.118. The molecule has 0 saturated heterocycles. The topological polar surface area (TPSA) is 99.9 Å². The number of nitrogens with one attached hydrogen (secondary N) is 1. The van der Waals surface area contributed by atoms with Gasteiger partial charge in [0.05, 0.1) is 38.9 Å². The van der Waals surface area contributed by atoms with Crippen LogP contribution < -0.4 is 19.6 Å². The maximum atomic E-state index is 12.3. The van der Waals surface area contributed by atoms with Crippen LogP contribution in [-0.2, 0) is 11.3 Å². The number of ether oxygens (including phenoxy) is 3. The highest BCUT2D eigenvalue weighted by molar-refractivity contribution is 7.99. The van der Waals surface area contributed by atoms with Crippen LogP contribution in [0.25, 0.3) is 11.4 Å². The van der Waals surface area contributed by atoms with E-state index in [1.54, 1.807) is 31.4 Å². The SMILES string of the molecule is CCn1c(SCC(=O)NN=Cc2c(OC)cc(OC)cc2OC)nnc1-c1ccc(Cl)cc1. The van der Waals surface area contributed by atoms with E-state index < -0.39 is 0 Å². The van der Waals surface area contributed by atoms with Crippen LogP contribution in [0.5, 0.6) is 17.2 Å². The summed E-state index contributed by atoms with van der Waals surface area (Å²) in [6.45, 7) is 2.65. The molecule has 0 fully saturated rings. The van der Waals surface area contributed by atoms with Gasteiger partial charge in [-0.25, -0.2) is 5.43 Å². The van der Waals surface area contributed by atoms with E-state index in [2.05, 4.69) is 20.7 Å². The molecule has 0 saturated carbocycles. The van der Waals surface area contributed by atoms with E-state index in [4.69, 9.17) is 25.8 Å². The lowest BCUT2D eigenvalue weighted by Gasteiger charge is -2.12. The monoisotopic (exact) mass is 489 g/mol. The lowest BCUT2D eigenvalue weighted by atomic mass is 10.2. The van der Waals surface area contributed by atoms with Gasteiger partial charge < -0.3 is 18.8 Å². The van der Waals surface area contributed by atoms with Crippen molar-refractivity contribution in [3.63, 3.8) is 0 Å². The molecule has 0 aliphatic heterocycles. The number of benzene rings is 2. The summed E-state index contributed by atoms with van der Waals surface area (Å²) < 4.78 is 17.9. The van der Waals surface area contributed by atoms with E-state index in [0.717, 1.165) is 5.56 Å². The quantitative estimate of drug-likeness (QED) is 0.262. The number of amides is 1. The average molecular weight is 490 g/mol. The van der Waals surface area contributed by atoms with Crippen molar-refractivity contribution < 1.29 is 19.0 Å². The molecule has 11 heteroatoms.